The van der Waals surface area contributed by atoms with Crippen LogP contribution in [0.1, 0.15) is 70.5 Å². The second-order valence-corrected chi connectivity index (χ2v) is 6.08. The molecule has 2 N–H and O–H groups in total. The van der Waals surface area contributed by atoms with Gasteiger partial charge in [-0.3, -0.25) is 0 Å². The van der Waals surface area contributed by atoms with Crippen LogP contribution < -0.4 is 5.73 Å². The Morgan fingerprint density at radius 2 is 1.76 bits per heavy atom. The molecular weight excluding hydrogens is 258 g/mol. The highest BCUT2D eigenvalue weighted by atomic mass is 16.5. The predicted octanol–water partition coefficient (Wildman–Crippen LogP) is 4.87. The second-order valence-electron chi connectivity index (χ2n) is 6.08. The Morgan fingerprint density at radius 1 is 1.10 bits per heavy atom. The van der Waals surface area contributed by atoms with Crippen LogP contribution in [-0.4, -0.2) is 12.7 Å². The summed E-state index contributed by atoms with van der Waals surface area (Å²) >= 11 is 0. The molecule has 0 spiro atoms. The molecule has 0 bridgehead atoms. The molecule has 1 rings (SSSR count). The van der Waals surface area contributed by atoms with Gasteiger partial charge >= 0.3 is 0 Å². The second kappa shape index (κ2) is 9.97. The van der Waals surface area contributed by atoms with Crippen LogP contribution in [0.3, 0.4) is 0 Å². The predicted molar refractivity (Wildman–Crippen MR) is 91.5 cm³/mol. The fourth-order valence-electron chi connectivity index (χ4n) is 2.54. The van der Waals surface area contributed by atoms with Crippen LogP contribution in [0.15, 0.2) is 24.3 Å². The summed E-state index contributed by atoms with van der Waals surface area (Å²) in [6, 6.07) is 8.56. The van der Waals surface area contributed by atoms with Crippen LogP contribution >= 0.6 is 0 Å². The van der Waals surface area contributed by atoms with Gasteiger partial charge in [-0.2, -0.15) is 0 Å². The summed E-state index contributed by atoms with van der Waals surface area (Å²) in [6.45, 7) is 9.58. The third kappa shape index (κ3) is 6.19. The molecule has 0 saturated carbocycles. The van der Waals surface area contributed by atoms with E-state index >= 15 is 0 Å². The van der Waals surface area contributed by atoms with Gasteiger partial charge in [-0.1, -0.05) is 64.3 Å². The van der Waals surface area contributed by atoms with Crippen LogP contribution in [0, 0.1) is 5.92 Å². The van der Waals surface area contributed by atoms with Gasteiger partial charge in [0, 0.05) is 6.61 Å². The summed E-state index contributed by atoms with van der Waals surface area (Å²) in [5.74, 6) is 0.669. The maximum absolute atomic E-state index is 6.33. The molecule has 0 aromatic heterocycles. The van der Waals surface area contributed by atoms with E-state index in [1.54, 1.807) is 0 Å². The van der Waals surface area contributed by atoms with Gasteiger partial charge in [0.2, 0.25) is 0 Å². The van der Waals surface area contributed by atoms with E-state index in [1.165, 1.54) is 36.8 Å². The van der Waals surface area contributed by atoms with Gasteiger partial charge in [0.25, 0.3) is 0 Å². The molecule has 2 heteroatoms. The third-order valence-electron chi connectivity index (χ3n) is 4.42. The monoisotopic (exact) mass is 291 g/mol. The number of benzene rings is 1. The zero-order chi connectivity index (χ0) is 15.7. The minimum atomic E-state index is -0.0420. The summed E-state index contributed by atoms with van der Waals surface area (Å²) in [5, 5.41) is 0. The van der Waals surface area contributed by atoms with Gasteiger partial charge in [-0.05, 0) is 36.8 Å². The van der Waals surface area contributed by atoms with Crippen LogP contribution in [0.25, 0.3) is 0 Å². The van der Waals surface area contributed by atoms with Crippen LogP contribution in [0.5, 0.6) is 0 Å². The first kappa shape index (κ1) is 18.2. The Morgan fingerprint density at radius 3 is 2.29 bits per heavy atom. The number of unbranched alkanes of at least 4 members (excludes halogenated alkanes) is 1. The maximum atomic E-state index is 6.33. The quantitative estimate of drug-likeness (QED) is 0.667. The molecule has 0 radical (unpaired) electrons. The fourth-order valence-corrected chi connectivity index (χ4v) is 2.54. The molecule has 120 valence electrons. The largest absolute Gasteiger partial charge is 0.376 e. The van der Waals surface area contributed by atoms with E-state index in [9.17, 15) is 0 Å². The molecule has 0 saturated heterocycles. The van der Waals surface area contributed by atoms with Crippen LogP contribution in [0.2, 0.25) is 0 Å². The molecule has 0 aliphatic carbocycles. The highest BCUT2D eigenvalue weighted by molar-refractivity contribution is 5.25. The zero-order valence-corrected chi connectivity index (χ0v) is 14.3. The van der Waals surface area contributed by atoms with Crippen LogP contribution in [0.4, 0.5) is 0 Å². The standard InChI is InChI=1S/C19H33NO/c1-5-8-9-17(7-3)14-21-15(4)19(20)18-12-10-16(6-2)11-13-18/h10-13,15,17,19H,5-9,14,20H2,1-4H3. The number of hydrogen-bond donors (Lipinski definition) is 1. The third-order valence-corrected chi connectivity index (χ3v) is 4.42. The minimum absolute atomic E-state index is 0.0420. The number of ether oxygens (including phenoxy) is 1. The molecule has 0 aliphatic rings. The number of hydrogen-bond acceptors (Lipinski definition) is 2. The Kier molecular flexibility index (Phi) is 8.63. The van der Waals surface area contributed by atoms with Crippen LogP contribution in [-0.2, 0) is 11.2 Å². The lowest BCUT2D eigenvalue weighted by molar-refractivity contribution is 0.0216. The minimum Gasteiger partial charge on any atom is -0.376 e. The highest BCUT2D eigenvalue weighted by Crippen LogP contribution is 2.20. The Hall–Kier alpha value is -0.860. The smallest absolute Gasteiger partial charge is 0.0739 e. The molecule has 0 amide bonds. The topological polar surface area (TPSA) is 35.2 Å². The van der Waals surface area contributed by atoms with Crippen molar-refractivity contribution in [2.75, 3.05) is 6.61 Å². The van der Waals surface area contributed by atoms with Crippen molar-refractivity contribution in [2.45, 2.75) is 71.9 Å². The first-order chi connectivity index (χ1) is 10.1. The maximum Gasteiger partial charge on any atom is 0.0739 e. The van der Waals surface area contributed by atoms with Crippen molar-refractivity contribution in [2.24, 2.45) is 11.7 Å². The fraction of sp³-hybridized carbons (Fsp3) is 0.684. The first-order valence-electron chi connectivity index (χ1n) is 8.58. The van der Waals surface area contributed by atoms with Crippen molar-refractivity contribution >= 4 is 0 Å². The normalized spacial score (nSPS) is 15.7. The Balaban J connectivity index is 2.47. The van der Waals surface area contributed by atoms with Crippen molar-refractivity contribution in [3.8, 4) is 0 Å². The van der Waals surface area contributed by atoms with Crippen molar-refractivity contribution in [1.29, 1.82) is 0 Å². The van der Waals surface area contributed by atoms with Gasteiger partial charge in [-0.25, -0.2) is 0 Å². The molecule has 1 aromatic rings. The highest BCUT2D eigenvalue weighted by Gasteiger charge is 2.17. The summed E-state index contributed by atoms with van der Waals surface area (Å²) in [4.78, 5) is 0. The van der Waals surface area contributed by atoms with E-state index in [-0.39, 0.29) is 12.1 Å². The zero-order valence-electron chi connectivity index (χ0n) is 14.3. The molecule has 0 heterocycles. The SMILES string of the molecule is CCCCC(CC)COC(C)C(N)c1ccc(CC)cc1. The van der Waals surface area contributed by atoms with Crippen molar-refractivity contribution < 1.29 is 4.74 Å². The molecule has 2 nitrogen and oxygen atoms in total. The molecule has 3 atom stereocenters. The average molecular weight is 291 g/mol. The molecule has 0 aliphatic heterocycles. The van der Waals surface area contributed by atoms with Gasteiger partial charge in [-0.15, -0.1) is 0 Å². The molecule has 1 aromatic carbocycles. The first-order valence-corrected chi connectivity index (χ1v) is 8.58. The summed E-state index contributed by atoms with van der Waals surface area (Å²) < 4.78 is 6.04. The van der Waals surface area contributed by atoms with Gasteiger partial charge in [0.1, 0.15) is 0 Å². The summed E-state index contributed by atoms with van der Waals surface area (Å²) in [5.41, 5.74) is 8.85. The van der Waals surface area contributed by atoms with E-state index in [4.69, 9.17) is 10.5 Å². The van der Waals surface area contributed by atoms with E-state index in [0.29, 0.717) is 5.92 Å². The molecule has 3 unspecified atom stereocenters. The lowest BCUT2D eigenvalue weighted by Crippen LogP contribution is -2.28. The molecular formula is C19H33NO. The van der Waals surface area contributed by atoms with E-state index in [0.717, 1.165) is 13.0 Å². The van der Waals surface area contributed by atoms with Crippen molar-refractivity contribution in [1.82, 2.24) is 0 Å². The van der Waals surface area contributed by atoms with Gasteiger partial charge in [0.15, 0.2) is 0 Å². The van der Waals surface area contributed by atoms with Crippen molar-refractivity contribution in [3.63, 3.8) is 0 Å². The average Bonchev–Trinajstić information content (AvgIpc) is 2.54. The summed E-state index contributed by atoms with van der Waals surface area (Å²) in [7, 11) is 0. The van der Waals surface area contributed by atoms with Gasteiger partial charge in [0.05, 0.1) is 12.1 Å². The lowest BCUT2D eigenvalue weighted by atomic mass is 9.99. The molecule has 0 fully saturated rings. The Labute approximate surface area is 131 Å². The number of rotatable bonds is 10. The van der Waals surface area contributed by atoms with E-state index in [1.807, 2.05) is 0 Å². The molecule has 21 heavy (non-hydrogen) atoms. The van der Waals surface area contributed by atoms with E-state index < -0.39 is 0 Å². The number of aryl methyl sites for hydroxylation is 1. The lowest BCUT2D eigenvalue weighted by Gasteiger charge is -2.24. The van der Waals surface area contributed by atoms with E-state index in [2.05, 4.69) is 52.0 Å². The summed E-state index contributed by atoms with van der Waals surface area (Å²) in [6.07, 6.45) is 6.13. The van der Waals surface area contributed by atoms with Gasteiger partial charge < -0.3 is 10.5 Å². The van der Waals surface area contributed by atoms with Crippen molar-refractivity contribution in [3.05, 3.63) is 35.4 Å². The number of nitrogens with two attached hydrogens (primary N) is 1. The Bertz CT molecular complexity index is 374.